The first-order chi connectivity index (χ1) is 7.15. The molecule has 0 heterocycles. The van der Waals surface area contributed by atoms with Gasteiger partial charge in [-0.2, -0.15) is 0 Å². The van der Waals surface area contributed by atoms with Crippen molar-refractivity contribution in [2.75, 3.05) is 0 Å². The second-order valence-electron chi connectivity index (χ2n) is 3.49. The molecule has 0 aliphatic rings. The lowest BCUT2D eigenvalue weighted by atomic mass is 10.0. The van der Waals surface area contributed by atoms with E-state index in [4.69, 9.17) is 17.3 Å². The van der Waals surface area contributed by atoms with Crippen LogP contribution in [-0.4, -0.2) is 0 Å². The molecule has 0 spiro atoms. The van der Waals surface area contributed by atoms with Crippen molar-refractivity contribution in [1.29, 1.82) is 0 Å². The second-order valence-corrected chi connectivity index (χ2v) is 4.78. The molecule has 0 saturated carbocycles. The van der Waals surface area contributed by atoms with Crippen molar-refractivity contribution in [2.45, 2.75) is 25.3 Å². The molecule has 0 amide bonds. The van der Waals surface area contributed by atoms with Crippen LogP contribution in [0.25, 0.3) is 0 Å². The van der Waals surface area contributed by atoms with Gasteiger partial charge in [0.1, 0.15) is 0 Å². The van der Waals surface area contributed by atoms with E-state index in [1.165, 1.54) is 0 Å². The summed E-state index contributed by atoms with van der Waals surface area (Å²) in [6, 6.07) is 5.75. The van der Waals surface area contributed by atoms with E-state index in [0.29, 0.717) is 0 Å². The fourth-order valence-electron chi connectivity index (χ4n) is 1.44. The van der Waals surface area contributed by atoms with Crippen LogP contribution in [0, 0.1) is 0 Å². The Kier molecular flexibility index (Phi) is 5.37. The van der Waals surface area contributed by atoms with Crippen LogP contribution >= 0.6 is 27.5 Å². The highest BCUT2D eigenvalue weighted by molar-refractivity contribution is 9.10. The number of rotatable bonds is 5. The highest BCUT2D eigenvalue weighted by Gasteiger charge is 2.09. The molecule has 1 rings (SSSR count). The van der Waals surface area contributed by atoms with Crippen LogP contribution in [-0.2, 0) is 0 Å². The number of hydrogen-bond donors (Lipinski definition) is 1. The average molecular weight is 289 g/mol. The summed E-state index contributed by atoms with van der Waals surface area (Å²) in [5, 5.41) is 0.729. The maximum atomic E-state index is 6.08. The van der Waals surface area contributed by atoms with E-state index >= 15 is 0 Å². The lowest BCUT2D eigenvalue weighted by Gasteiger charge is -2.13. The lowest BCUT2D eigenvalue weighted by Crippen LogP contribution is -2.10. The summed E-state index contributed by atoms with van der Waals surface area (Å²) in [5.41, 5.74) is 7.16. The van der Waals surface area contributed by atoms with Crippen LogP contribution < -0.4 is 5.73 Å². The van der Waals surface area contributed by atoms with Crippen molar-refractivity contribution in [3.63, 3.8) is 0 Å². The van der Waals surface area contributed by atoms with Crippen LogP contribution in [0.1, 0.15) is 30.9 Å². The van der Waals surface area contributed by atoms with Gasteiger partial charge in [-0.05, 0) is 43.0 Å². The first kappa shape index (κ1) is 12.8. The van der Waals surface area contributed by atoms with Crippen LogP contribution in [0.2, 0.25) is 5.02 Å². The Morgan fingerprint density at radius 2 is 2.27 bits per heavy atom. The third-order valence-electron chi connectivity index (χ3n) is 2.28. The molecule has 1 atom stereocenters. The van der Waals surface area contributed by atoms with Gasteiger partial charge in [0.2, 0.25) is 0 Å². The van der Waals surface area contributed by atoms with Gasteiger partial charge in [0.25, 0.3) is 0 Å². The predicted octanol–water partition coefficient (Wildman–Crippen LogP) is 4.46. The number of halogens is 2. The molecule has 0 aliphatic carbocycles. The minimum Gasteiger partial charge on any atom is -0.324 e. The molecule has 1 aromatic rings. The highest BCUT2D eigenvalue weighted by atomic mass is 79.9. The van der Waals surface area contributed by atoms with Gasteiger partial charge in [0, 0.05) is 15.5 Å². The van der Waals surface area contributed by atoms with Crippen LogP contribution in [0.5, 0.6) is 0 Å². The van der Waals surface area contributed by atoms with Gasteiger partial charge < -0.3 is 5.73 Å². The fraction of sp³-hybridized carbons (Fsp3) is 0.333. The molecule has 15 heavy (non-hydrogen) atoms. The van der Waals surface area contributed by atoms with E-state index in [0.717, 1.165) is 34.3 Å². The van der Waals surface area contributed by atoms with E-state index in [-0.39, 0.29) is 6.04 Å². The van der Waals surface area contributed by atoms with Crippen molar-refractivity contribution >= 4 is 27.5 Å². The normalized spacial score (nSPS) is 12.5. The Morgan fingerprint density at radius 3 is 2.93 bits per heavy atom. The molecule has 1 aromatic carbocycles. The second kappa shape index (κ2) is 6.31. The number of allylic oxidation sites excluding steroid dienone is 1. The third kappa shape index (κ3) is 3.98. The van der Waals surface area contributed by atoms with Gasteiger partial charge in [-0.3, -0.25) is 0 Å². The number of unbranched alkanes of at least 4 members (excludes halogenated alkanes) is 1. The summed E-state index contributed by atoms with van der Waals surface area (Å²) in [7, 11) is 0. The van der Waals surface area contributed by atoms with Crippen molar-refractivity contribution in [3.8, 4) is 0 Å². The number of nitrogens with two attached hydrogens (primary N) is 1. The molecule has 1 unspecified atom stereocenters. The van der Waals surface area contributed by atoms with E-state index in [2.05, 4.69) is 22.5 Å². The minimum atomic E-state index is 0.0398. The Hall–Kier alpha value is -0.310. The predicted molar refractivity (Wildman–Crippen MR) is 70.1 cm³/mol. The highest BCUT2D eigenvalue weighted by Crippen LogP contribution is 2.28. The van der Waals surface area contributed by atoms with Crippen molar-refractivity contribution in [3.05, 3.63) is 45.9 Å². The first-order valence-corrected chi connectivity index (χ1v) is 6.13. The summed E-state index contributed by atoms with van der Waals surface area (Å²) >= 11 is 9.41. The summed E-state index contributed by atoms with van der Waals surface area (Å²) < 4.78 is 1.03. The van der Waals surface area contributed by atoms with Gasteiger partial charge in [0.05, 0.1) is 0 Å². The molecule has 82 valence electrons. The van der Waals surface area contributed by atoms with Crippen LogP contribution in [0.4, 0.5) is 0 Å². The van der Waals surface area contributed by atoms with Crippen LogP contribution in [0.3, 0.4) is 0 Å². The standard InChI is InChI=1S/C12H15BrClN/c1-2-3-4-5-12(15)10-8-9(14)6-7-11(10)13/h2,6-8,12H,1,3-5,15H2. The minimum absolute atomic E-state index is 0.0398. The van der Waals surface area contributed by atoms with Crippen molar-refractivity contribution < 1.29 is 0 Å². The molecule has 0 radical (unpaired) electrons. The van der Waals surface area contributed by atoms with Gasteiger partial charge >= 0.3 is 0 Å². The van der Waals surface area contributed by atoms with Gasteiger partial charge in [0.15, 0.2) is 0 Å². The Morgan fingerprint density at radius 1 is 1.53 bits per heavy atom. The molecule has 0 saturated heterocycles. The summed E-state index contributed by atoms with van der Waals surface area (Å²) in [5.74, 6) is 0. The molecule has 3 heteroatoms. The zero-order chi connectivity index (χ0) is 11.3. The van der Waals surface area contributed by atoms with Crippen molar-refractivity contribution in [1.82, 2.24) is 0 Å². The fourth-order valence-corrected chi connectivity index (χ4v) is 2.16. The zero-order valence-corrected chi connectivity index (χ0v) is 10.9. The molecular formula is C12H15BrClN. The van der Waals surface area contributed by atoms with E-state index in [1.807, 2.05) is 24.3 Å². The smallest absolute Gasteiger partial charge is 0.0410 e. The maximum Gasteiger partial charge on any atom is 0.0410 e. The molecule has 1 nitrogen and oxygen atoms in total. The topological polar surface area (TPSA) is 26.0 Å². The average Bonchev–Trinajstić information content (AvgIpc) is 2.22. The Labute approximate surface area is 104 Å². The van der Waals surface area contributed by atoms with Crippen molar-refractivity contribution in [2.24, 2.45) is 5.73 Å². The summed E-state index contributed by atoms with van der Waals surface area (Å²) in [4.78, 5) is 0. The Balaban J connectivity index is 2.67. The third-order valence-corrected chi connectivity index (χ3v) is 3.24. The van der Waals surface area contributed by atoms with Gasteiger partial charge in [-0.25, -0.2) is 0 Å². The van der Waals surface area contributed by atoms with E-state index < -0.39 is 0 Å². The number of benzene rings is 1. The number of hydrogen-bond acceptors (Lipinski definition) is 1. The monoisotopic (exact) mass is 287 g/mol. The SMILES string of the molecule is C=CCCCC(N)c1cc(Cl)ccc1Br. The summed E-state index contributed by atoms with van der Waals surface area (Å²) in [6.07, 6.45) is 4.93. The van der Waals surface area contributed by atoms with Crippen LogP contribution in [0.15, 0.2) is 35.3 Å². The first-order valence-electron chi connectivity index (χ1n) is 4.96. The molecule has 0 aliphatic heterocycles. The largest absolute Gasteiger partial charge is 0.324 e. The Bertz CT molecular complexity index is 338. The maximum absolute atomic E-state index is 6.08. The van der Waals surface area contributed by atoms with E-state index in [1.54, 1.807) is 0 Å². The zero-order valence-electron chi connectivity index (χ0n) is 8.55. The molecule has 0 fully saturated rings. The molecule has 2 N–H and O–H groups in total. The summed E-state index contributed by atoms with van der Waals surface area (Å²) in [6.45, 7) is 3.69. The quantitative estimate of drug-likeness (QED) is 0.628. The molecular weight excluding hydrogens is 273 g/mol. The molecule has 0 bridgehead atoms. The van der Waals surface area contributed by atoms with Gasteiger partial charge in [-0.15, -0.1) is 6.58 Å². The molecule has 0 aromatic heterocycles. The van der Waals surface area contributed by atoms with Gasteiger partial charge in [-0.1, -0.05) is 33.6 Å². The lowest BCUT2D eigenvalue weighted by molar-refractivity contribution is 0.615. The van der Waals surface area contributed by atoms with E-state index in [9.17, 15) is 0 Å².